The molecule has 0 saturated carbocycles. The quantitative estimate of drug-likeness (QED) is 0.811. The molecule has 0 aliphatic rings. The van der Waals surface area contributed by atoms with Crippen molar-refractivity contribution in [3.63, 3.8) is 0 Å². The summed E-state index contributed by atoms with van der Waals surface area (Å²) in [5.41, 5.74) is 1.16. The molecule has 2 N–H and O–H groups in total. The molecule has 0 aromatic heterocycles. The van der Waals surface area contributed by atoms with Crippen LogP contribution in [0.1, 0.15) is 43.4 Å². The summed E-state index contributed by atoms with van der Waals surface area (Å²) in [6.45, 7) is 4.82. The topological polar surface area (TPSA) is 73.1 Å². The number of carbonyl (C=O) groups is 1. The SMILES string of the molecule is C[C@H](NC(=O)C(C)(C)O)[C@@H](Cc1ccc(Cl)cc1)c1cccc(C#N)c1. The minimum absolute atomic E-state index is 0.0595. The van der Waals surface area contributed by atoms with E-state index in [0.717, 1.165) is 11.1 Å². The molecular formula is C21H23ClN2O2. The van der Waals surface area contributed by atoms with Crippen molar-refractivity contribution in [2.24, 2.45) is 0 Å². The fraction of sp³-hybridized carbons (Fsp3) is 0.333. The van der Waals surface area contributed by atoms with E-state index in [9.17, 15) is 15.2 Å². The van der Waals surface area contributed by atoms with E-state index < -0.39 is 11.5 Å². The molecule has 0 fully saturated rings. The summed E-state index contributed by atoms with van der Waals surface area (Å²) in [5, 5.41) is 22.7. The van der Waals surface area contributed by atoms with Crippen LogP contribution in [0, 0.1) is 11.3 Å². The molecule has 0 saturated heterocycles. The molecule has 1 amide bonds. The number of nitrogens with one attached hydrogen (secondary N) is 1. The number of carbonyl (C=O) groups excluding carboxylic acids is 1. The fourth-order valence-electron chi connectivity index (χ4n) is 2.78. The zero-order chi connectivity index (χ0) is 19.3. The minimum atomic E-state index is -1.45. The maximum absolute atomic E-state index is 12.2. The lowest BCUT2D eigenvalue weighted by atomic mass is 9.85. The molecule has 2 atom stereocenters. The molecule has 4 nitrogen and oxygen atoms in total. The Hall–Kier alpha value is -2.35. The molecule has 2 rings (SSSR count). The summed E-state index contributed by atoms with van der Waals surface area (Å²) in [7, 11) is 0. The molecule has 0 radical (unpaired) electrons. The van der Waals surface area contributed by atoms with Gasteiger partial charge in [0.05, 0.1) is 11.6 Å². The first-order valence-corrected chi connectivity index (χ1v) is 8.86. The summed E-state index contributed by atoms with van der Waals surface area (Å²) < 4.78 is 0. The Morgan fingerprint density at radius 1 is 1.27 bits per heavy atom. The summed E-state index contributed by atoms with van der Waals surface area (Å²) in [4.78, 5) is 12.2. The van der Waals surface area contributed by atoms with Crippen molar-refractivity contribution in [1.29, 1.82) is 5.26 Å². The third-order valence-electron chi connectivity index (χ3n) is 4.33. The average molecular weight is 371 g/mol. The van der Waals surface area contributed by atoms with Gasteiger partial charge >= 0.3 is 0 Å². The second kappa shape index (κ2) is 8.35. The molecule has 5 heteroatoms. The van der Waals surface area contributed by atoms with E-state index in [-0.39, 0.29) is 12.0 Å². The van der Waals surface area contributed by atoms with E-state index >= 15 is 0 Å². The lowest BCUT2D eigenvalue weighted by Gasteiger charge is -2.28. The molecule has 0 aliphatic carbocycles. The number of hydrogen-bond acceptors (Lipinski definition) is 3. The molecule has 0 heterocycles. The molecule has 0 unspecified atom stereocenters. The van der Waals surface area contributed by atoms with Crippen molar-refractivity contribution in [2.45, 2.75) is 44.8 Å². The number of amides is 1. The van der Waals surface area contributed by atoms with Crippen molar-refractivity contribution in [3.8, 4) is 6.07 Å². The van der Waals surface area contributed by atoms with Crippen LogP contribution in [-0.2, 0) is 11.2 Å². The van der Waals surface area contributed by atoms with Crippen LogP contribution in [0.5, 0.6) is 0 Å². The number of rotatable bonds is 6. The second-order valence-electron chi connectivity index (χ2n) is 7.00. The van der Waals surface area contributed by atoms with Gasteiger partial charge in [-0.05, 0) is 62.6 Å². The van der Waals surface area contributed by atoms with Crippen molar-refractivity contribution in [1.82, 2.24) is 5.32 Å². The molecular weight excluding hydrogens is 348 g/mol. The van der Waals surface area contributed by atoms with Gasteiger partial charge in [0, 0.05) is 17.0 Å². The zero-order valence-electron chi connectivity index (χ0n) is 15.2. The number of halogens is 1. The highest BCUT2D eigenvalue weighted by Gasteiger charge is 2.28. The van der Waals surface area contributed by atoms with Gasteiger partial charge in [-0.1, -0.05) is 35.9 Å². The summed E-state index contributed by atoms with van der Waals surface area (Å²) in [6.07, 6.45) is 0.666. The standard InChI is InChI=1S/C21H23ClN2O2/c1-14(24-20(25)21(2,3)26)19(12-15-7-9-18(22)10-8-15)17-6-4-5-16(11-17)13-23/h4-11,14,19,26H,12H2,1-3H3,(H,24,25)/t14-,19+/m0/s1. The number of aliphatic hydroxyl groups is 1. The summed E-state index contributed by atoms with van der Waals surface area (Å²) >= 11 is 5.97. The van der Waals surface area contributed by atoms with E-state index in [4.69, 9.17) is 11.6 Å². The van der Waals surface area contributed by atoms with Gasteiger partial charge in [0.1, 0.15) is 5.60 Å². The Balaban J connectivity index is 2.32. The maximum Gasteiger partial charge on any atom is 0.251 e. The Kier molecular flexibility index (Phi) is 6.42. The highest BCUT2D eigenvalue weighted by atomic mass is 35.5. The van der Waals surface area contributed by atoms with Crippen molar-refractivity contribution in [3.05, 3.63) is 70.2 Å². The average Bonchev–Trinajstić information content (AvgIpc) is 2.60. The Labute approximate surface area is 159 Å². The largest absolute Gasteiger partial charge is 0.381 e. The van der Waals surface area contributed by atoms with E-state index in [0.29, 0.717) is 17.0 Å². The number of nitriles is 1. The lowest BCUT2D eigenvalue weighted by Crippen LogP contribution is -2.47. The number of nitrogens with zero attached hydrogens (tertiary/aromatic N) is 1. The monoisotopic (exact) mass is 370 g/mol. The van der Waals surface area contributed by atoms with Crippen molar-refractivity contribution >= 4 is 17.5 Å². The van der Waals surface area contributed by atoms with Gasteiger partial charge in [0.25, 0.3) is 5.91 Å². The first-order valence-electron chi connectivity index (χ1n) is 8.48. The van der Waals surface area contributed by atoms with Crippen LogP contribution < -0.4 is 5.32 Å². The Morgan fingerprint density at radius 3 is 2.50 bits per heavy atom. The van der Waals surface area contributed by atoms with Crippen LogP contribution in [0.4, 0.5) is 0 Å². The molecule has 2 aromatic carbocycles. The lowest BCUT2D eigenvalue weighted by molar-refractivity contribution is -0.137. The fourth-order valence-corrected chi connectivity index (χ4v) is 2.91. The highest BCUT2D eigenvalue weighted by Crippen LogP contribution is 2.26. The van der Waals surface area contributed by atoms with Crippen LogP contribution in [0.15, 0.2) is 48.5 Å². The summed E-state index contributed by atoms with van der Waals surface area (Å²) in [6, 6.07) is 16.9. The zero-order valence-corrected chi connectivity index (χ0v) is 15.9. The second-order valence-corrected chi connectivity index (χ2v) is 7.43. The van der Waals surface area contributed by atoms with E-state index in [2.05, 4.69) is 11.4 Å². The van der Waals surface area contributed by atoms with Crippen LogP contribution in [0.25, 0.3) is 0 Å². The van der Waals surface area contributed by atoms with E-state index in [1.165, 1.54) is 13.8 Å². The van der Waals surface area contributed by atoms with Gasteiger partial charge in [0.15, 0.2) is 0 Å². The number of benzene rings is 2. The van der Waals surface area contributed by atoms with E-state index in [1.54, 1.807) is 6.07 Å². The van der Waals surface area contributed by atoms with Gasteiger partial charge in [-0.15, -0.1) is 0 Å². The first-order chi connectivity index (χ1) is 12.2. The third kappa shape index (κ3) is 5.32. The van der Waals surface area contributed by atoms with Crippen molar-refractivity contribution in [2.75, 3.05) is 0 Å². The van der Waals surface area contributed by atoms with Crippen LogP contribution in [0.2, 0.25) is 5.02 Å². The maximum atomic E-state index is 12.2. The van der Waals surface area contributed by atoms with Crippen molar-refractivity contribution < 1.29 is 9.90 Å². The molecule has 2 aromatic rings. The predicted molar refractivity (Wildman–Crippen MR) is 103 cm³/mol. The molecule has 0 bridgehead atoms. The van der Waals surface area contributed by atoms with Crippen LogP contribution in [0.3, 0.4) is 0 Å². The smallest absolute Gasteiger partial charge is 0.251 e. The van der Waals surface area contributed by atoms with Gasteiger partial charge in [0.2, 0.25) is 0 Å². The third-order valence-corrected chi connectivity index (χ3v) is 4.58. The predicted octanol–water partition coefficient (Wildman–Crippen LogP) is 3.81. The van der Waals surface area contributed by atoms with Crippen LogP contribution >= 0.6 is 11.6 Å². The highest BCUT2D eigenvalue weighted by molar-refractivity contribution is 6.30. The first kappa shape index (κ1) is 20.0. The van der Waals surface area contributed by atoms with E-state index in [1.807, 2.05) is 49.4 Å². The van der Waals surface area contributed by atoms with Crippen LogP contribution in [-0.4, -0.2) is 22.7 Å². The normalized spacial score (nSPS) is 13.5. The van der Waals surface area contributed by atoms with Gasteiger partial charge in [-0.25, -0.2) is 0 Å². The summed E-state index contributed by atoms with van der Waals surface area (Å²) in [5.74, 6) is -0.488. The Morgan fingerprint density at radius 2 is 1.92 bits per heavy atom. The molecule has 26 heavy (non-hydrogen) atoms. The minimum Gasteiger partial charge on any atom is -0.381 e. The van der Waals surface area contributed by atoms with Gasteiger partial charge in [-0.2, -0.15) is 5.26 Å². The van der Waals surface area contributed by atoms with Gasteiger partial charge < -0.3 is 10.4 Å². The molecule has 0 aliphatic heterocycles. The molecule has 0 spiro atoms. The number of hydrogen-bond donors (Lipinski definition) is 2. The molecule has 136 valence electrons. The Bertz CT molecular complexity index is 804. The van der Waals surface area contributed by atoms with Gasteiger partial charge in [-0.3, -0.25) is 4.79 Å².